The maximum Gasteiger partial charge on any atom is 0.118 e. The molecule has 0 aliphatic carbocycles. The molecule has 1 aliphatic rings. The SMILES string of the molecule is C[Si](C)(C)CCOCN1C=CC(Br)(Br)C1. The standard InChI is InChI=1S/C10H19Br2NOSi/c1-15(2,3)7-6-14-9-13-5-4-10(11,12)8-13/h4-5H,6-9H2,1-3H3. The number of rotatable bonds is 5. The lowest BCUT2D eigenvalue weighted by Gasteiger charge is -2.21. The highest BCUT2D eigenvalue weighted by molar-refractivity contribution is 9.25. The summed E-state index contributed by atoms with van der Waals surface area (Å²) in [6.07, 6.45) is 4.16. The lowest BCUT2D eigenvalue weighted by molar-refractivity contribution is 0.0669. The Morgan fingerprint density at radius 1 is 1.40 bits per heavy atom. The molecule has 0 N–H and O–H groups in total. The molecule has 1 rings (SSSR count). The zero-order chi connectivity index (χ0) is 11.5. The molecule has 0 fully saturated rings. The van der Waals surface area contributed by atoms with Crippen LogP contribution in [0.3, 0.4) is 0 Å². The molecule has 1 heterocycles. The van der Waals surface area contributed by atoms with Crippen LogP contribution in [0.25, 0.3) is 0 Å². The van der Waals surface area contributed by atoms with Gasteiger partial charge in [-0.15, -0.1) is 0 Å². The van der Waals surface area contributed by atoms with Gasteiger partial charge in [-0.2, -0.15) is 0 Å². The van der Waals surface area contributed by atoms with E-state index in [1.807, 2.05) is 0 Å². The molecule has 2 nitrogen and oxygen atoms in total. The summed E-state index contributed by atoms with van der Waals surface area (Å²) in [5.74, 6) is 0. The van der Waals surface area contributed by atoms with Gasteiger partial charge in [-0.3, -0.25) is 0 Å². The molecule has 0 aromatic rings. The van der Waals surface area contributed by atoms with Crippen LogP contribution >= 0.6 is 31.9 Å². The van der Waals surface area contributed by atoms with Gasteiger partial charge in [0.2, 0.25) is 0 Å². The number of hydrogen-bond donors (Lipinski definition) is 0. The van der Waals surface area contributed by atoms with Crippen LogP contribution in [-0.2, 0) is 4.74 Å². The number of nitrogens with zero attached hydrogens (tertiary/aromatic N) is 1. The van der Waals surface area contributed by atoms with Gasteiger partial charge in [-0.25, -0.2) is 0 Å². The van der Waals surface area contributed by atoms with E-state index in [0.717, 1.165) is 13.2 Å². The summed E-state index contributed by atoms with van der Waals surface area (Å²) in [6, 6.07) is 1.23. The van der Waals surface area contributed by atoms with Crippen molar-refractivity contribution in [2.45, 2.75) is 28.9 Å². The zero-order valence-electron chi connectivity index (χ0n) is 9.59. The van der Waals surface area contributed by atoms with E-state index in [1.54, 1.807) is 0 Å². The highest BCUT2D eigenvalue weighted by Crippen LogP contribution is 2.33. The van der Waals surface area contributed by atoms with Crippen molar-refractivity contribution in [3.05, 3.63) is 12.3 Å². The maximum atomic E-state index is 5.65. The molecule has 0 aromatic carbocycles. The Morgan fingerprint density at radius 3 is 2.53 bits per heavy atom. The van der Waals surface area contributed by atoms with Crippen molar-refractivity contribution in [1.29, 1.82) is 0 Å². The largest absolute Gasteiger partial charge is 0.361 e. The van der Waals surface area contributed by atoms with E-state index in [2.05, 4.69) is 68.7 Å². The predicted octanol–water partition coefficient (Wildman–Crippen LogP) is 3.61. The van der Waals surface area contributed by atoms with Crippen molar-refractivity contribution < 1.29 is 4.74 Å². The van der Waals surface area contributed by atoms with Gasteiger partial charge in [-0.05, 0) is 18.3 Å². The lowest BCUT2D eigenvalue weighted by Crippen LogP contribution is -2.27. The second kappa shape index (κ2) is 5.34. The van der Waals surface area contributed by atoms with Gasteiger partial charge in [-0.1, -0.05) is 51.5 Å². The van der Waals surface area contributed by atoms with Gasteiger partial charge in [0.05, 0.1) is 0 Å². The first-order chi connectivity index (χ1) is 6.79. The van der Waals surface area contributed by atoms with Crippen molar-refractivity contribution in [2.75, 3.05) is 19.9 Å². The molecule has 0 radical (unpaired) electrons. The second-order valence-electron chi connectivity index (χ2n) is 5.17. The Hall–Kier alpha value is 0.677. The first-order valence-electron chi connectivity index (χ1n) is 5.18. The summed E-state index contributed by atoms with van der Waals surface area (Å²) in [5, 5.41) is 0. The lowest BCUT2D eigenvalue weighted by atomic mass is 10.5. The van der Waals surface area contributed by atoms with Crippen LogP contribution in [0.4, 0.5) is 0 Å². The van der Waals surface area contributed by atoms with Gasteiger partial charge in [0.1, 0.15) is 9.96 Å². The zero-order valence-corrected chi connectivity index (χ0v) is 13.8. The second-order valence-corrected chi connectivity index (χ2v) is 14.7. The highest BCUT2D eigenvalue weighted by Gasteiger charge is 2.26. The fourth-order valence-electron chi connectivity index (χ4n) is 1.24. The first kappa shape index (κ1) is 13.7. The van der Waals surface area contributed by atoms with Gasteiger partial charge < -0.3 is 9.64 Å². The minimum Gasteiger partial charge on any atom is -0.361 e. The fourth-order valence-corrected chi connectivity index (χ4v) is 2.88. The molecule has 0 amide bonds. The number of ether oxygens (including phenoxy) is 1. The third-order valence-corrected chi connectivity index (χ3v) is 4.93. The maximum absolute atomic E-state index is 5.65. The molecule has 88 valence electrons. The molecule has 0 unspecified atom stereocenters. The van der Waals surface area contributed by atoms with Gasteiger partial charge >= 0.3 is 0 Å². The minimum absolute atomic E-state index is 0.0534. The molecule has 0 aromatic heterocycles. The smallest absolute Gasteiger partial charge is 0.118 e. The van der Waals surface area contributed by atoms with E-state index in [1.165, 1.54) is 6.04 Å². The number of hydrogen-bond acceptors (Lipinski definition) is 2. The Morgan fingerprint density at radius 2 is 2.07 bits per heavy atom. The Bertz CT molecular complexity index is 238. The molecule has 5 heteroatoms. The van der Waals surface area contributed by atoms with E-state index in [9.17, 15) is 0 Å². The van der Waals surface area contributed by atoms with Crippen molar-refractivity contribution >= 4 is 39.9 Å². The molecular formula is C10H19Br2NOSi. The van der Waals surface area contributed by atoms with Crippen LogP contribution in [0.5, 0.6) is 0 Å². The summed E-state index contributed by atoms with van der Waals surface area (Å²) in [5.41, 5.74) is 0. The average molecular weight is 357 g/mol. The molecule has 0 atom stereocenters. The molecule has 1 aliphatic heterocycles. The monoisotopic (exact) mass is 355 g/mol. The third-order valence-electron chi connectivity index (χ3n) is 2.20. The highest BCUT2D eigenvalue weighted by atomic mass is 79.9. The van der Waals surface area contributed by atoms with E-state index in [4.69, 9.17) is 4.74 Å². The van der Waals surface area contributed by atoms with Gasteiger partial charge in [0.15, 0.2) is 0 Å². The van der Waals surface area contributed by atoms with Crippen LogP contribution in [0, 0.1) is 0 Å². The molecular weight excluding hydrogens is 338 g/mol. The summed E-state index contributed by atoms with van der Waals surface area (Å²) in [4.78, 5) is 2.16. The normalized spacial score (nSPS) is 19.9. The fraction of sp³-hybridized carbons (Fsp3) is 0.800. The Balaban J connectivity index is 2.10. The van der Waals surface area contributed by atoms with Crippen molar-refractivity contribution in [1.82, 2.24) is 4.90 Å². The van der Waals surface area contributed by atoms with Crippen LogP contribution < -0.4 is 0 Å². The first-order valence-corrected chi connectivity index (χ1v) is 10.5. The van der Waals surface area contributed by atoms with Crippen LogP contribution in [0.2, 0.25) is 25.7 Å². The Kier molecular flexibility index (Phi) is 4.89. The molecule has 0 saturated carbocycles. The van der Waals surface area contributed by atoms with Crippen molar-refractivity contribution in [2.24, 2.45) is 0 Å². The van der Waals surface area contributed by atoms with Gasteiger partial charge in [0.25, 0.3) is 0 Å². The summed E-state index contributed by atoms with van der Waals surface area (Å²) >= 11 is 7.13. The van der Waals surface area contributed by atoms with E-state index < -0.39 is 8.07 Å². The molecule has 0 saturated heterocycles. The van der Waals surface area contributed by atoms with Crippen LogP contribution in [0.15, 0.2) is 12.3 Å². The van der Waals surface area contributed by atoms with E-state index >= 15 is 0 Å². The third kappa shape index (κ3) is 6.09. The molecule has 0 bridgehead atoms. The Labute approximate surface area is 110 Å². The predicted molar refractivity (Wildman–Crippen MR) is 75.4 cm³/mol. The van der Waals surface area contributed by atoms with Crippen LogP contribution in [-0.4, -0.2) is 36.1 Å². The molecule has 15 heavy (non-hydrogen) atoms. The van der Waals surface area contributed by atoms with Crippen molar-refractivity contribution in [3.63, 3.8) is 0 Å². The van der Waals surface area contributed by atoms with E-state index in [0.29, 0.717) is 6.73 Å². The topological polar surface area (TPSA) is 12.5 Å². The van der Waals surface area contributed by atoms with Gasteiger partial charge in [0, 0.05) is 21.2 Å². The molecule has 0 spiro atoms. The van der Waals surface area contributed by atoms with E-state index in [-0.39, 0.29) is 3.23 Å². The van der Waals surface area contributed by atoms with Crippen molar-refractivity contribution in [3.8, 4) is 0 Å². The number of halogens is 2. The van der Waals surface area contributed by atoms with Crippen LogP contribution in [0.1, 0.15) is 0 Å². The summed E-state index contributed by atoms with van der Waals surface area (Å²) in [6.45, 7) is 9.60. The number of alkyl halides is 2. The average Bonchev–Trinajstić information content (AvgIpc) is 2.38. The minimum atomic E-state index is -0.942. The summed E-state index contributed by atoms with van der Waals surface area (Å²) in [7, 11) is -0.942. The quantitative estimate of drug-likeness (QED) is 0.424. The summed E-state index contributed by atoms with van der Waals surface area (Å²) < 4.78 is 5.60.